The highest BCUT2D eigenvalue weighted by molar-refractivity contribution is 5.57. The van der Waals surface area contributed by atoms with Crippen LogP contribution in [0.3, 0.4) is 0 Å². The van der Waals surface area contributed by atoms with Crippen LogP contribution in [0.2, 0.25) is 0 Å². The van der Waals surface area contributed by atoms with E-state index in [1.807, 2.05) is 0 Å². The molecule has 0 saturated carbocycles. The number of nitrogens with zero attached hydrogens (tertiary/aromatic N) is 5. The first kappa shape index (κ1) is 14.4. The Kier molecular flexibility index (Phi) is 4.33. The molecule has 1 atom stereocenters. The largest absolute Gasteiger partial charge is 0.368 e. The van der Waals surface area contributed by atoms with E-state index in [1.54, 1.807) is 11.9 Å². The van der Waals surface area contributed by atoms with Crippen LogP contribution in [-0.2, 0) is 0 Å². The Morgan fingerprint density at radius 2 is 2.40 bits per heavy atom. The third-order valence-corrected chi connectivity index (χ3v) is 3.72. The van der Waals surface area contributed by atoms with Gasteiger partial charge in [0.05, 0.1) is 4.92 Å². The maximum atomic E-state index is 11.0. The lowest BCUT2D eigenvalue weighted by atomic mass is 10.2. The summed E-state index contributed by atoms with van der Waals surface area (Å²) >= 11 is 0. The number of nitro groups is 1. The molecular weight excluding hydrogens is 260 g/mol. The molecule has 1 fully saturated rings. The third kappa shape index (κ3) is 2.96. The molecule has 0 bridgehead atoms. The summed E-state index contributed by atoms with van der Waals surface area (Å²) in [7, 11) is 1.81. The summed E-state index contributed by atoms with van der Waals surface area (Å²) in [4.78, 5) is 22.5. The second kappa shape index (κ2) is 6.00. The first-order valence-electron chi connectivity index (χ1n) is 6.75. The summed E-state index contributed by atoms with van der Waals surface area (Å²) in [5, 5.41) is 11.0. The van der Waals surface area contributed by atoms with Gasteiger partial charge in [0, 0.05) is 19.6 Å². The Labute approximate surface area is 117 Å². The molecular formula is C12H20N6O2. The zero-order valence-electron chi connectivity index (χ0n) is 11.8. The van der Waals surface area contributed by atoms with Crippen molar-refractivity contribution in [3.05, 3.63) is 16.3 Å². The second-order valence-corrected chi connectivity index (χ2v) is 5.00. The molecule has 8 heteroatoms. The Bertz CT molecular complexity index is 495. The monoisotopic (exact) mass is 280 g/mol. The van der Waals surface area contributed by atoms with Crippen LogP contribution in [-0.4, -0.2) is 52.5 Å². The normalized spacial score (nSPS) is 19.2. The molecule has 1 unspecified atom stereocenters. The van der Waals surface area contributed by atoms with Crippen molar-refractivity contribution in [2.45, 2.75) is 25.8 Å². The van der Waals surface area contributed by atoms with Gasteiger partial charge in [-0.15, -0.1) is 0 Å². The number of hydrogen-bond acceptors (Lipinski definition) is 7. The van der Waals surface area contributed by atoms with Crippen LogP contribution in [0.25, 0.3) is 0 Å². The van der Waals surface area contributed by atoms with Crippen molar-refractivity contribution in [1.29, 1.82) is 0 Å². The predicted octanol–water partition coefficient (Wildman–Crippen LogP) is 0.887. The number of rotatable bonds is 5. The van der Waals surface area contributed by atoms with E-state index in [-0.39, 0.29) is 17.5 Å². The number of nitrogens with two attached hydrogens (primary N) is 1. The zero-order chi connectivity index (χ0) is 14.7. The molecule has 20 heavy (non-hydrogen) atoms. The van der Waals surface area contributed by atoms with Crippen LogP contribution in [0.4, 0.5) is 17.5 Å². The average Bonchev–Trinajstić information content (AvgIpc) is 2.85. The van der Waals surface area contributed by atoms with E-state index in [2.05, 4.69) is 21.8 Å². The highest BCUT2D eigenvalue weighted by Crippen LogP contribution is 2.26. The fraction of sp³-hybridized carbons (Fsp3) is 0.667. The van der Waals surface area contributed by atoms with Gasteiger partial charge in [0.2, 0.25) is 11.8 Å². The fourth-order valence-electron chi connectivity index (χ4n) is 2.71. The van der Waals surface area contributed by atoms with Crippen LogP contribution in [0, 0.1) is 10.1 Å². The molecule has 110 valence electrons. The van der Waals surface area contributed by atoms with Crippen LogP contribution in [0.5, 0.6) is 0 Å². The van der Waals surface area contributed by atoms with E-state index in [4.69, 9.17) is 5.73 Å². The molecule has 0 radical (unpaired) electrons. The van der Waals surface area contributed by atoms with E-state index in [1.165, 1.54) is 12.6 Å². The van der Waals surface area contributed by atoms with Gasteiger partial charge in [0.1, 0.15) is 6.20 Å². The van der Waals surface area contributed by atoms with Crippen LogP contribution in [0.1, 0.15) is 19.8 Å². The Morgan fingerprint density at radius 3 is 3.05 bits per heavy atom. The topological polar surface area (TPSA) is 101 Å². The average molecular weight is 280 g/mol. The van der Waals surface area contributed by atoms with E-state index in [0.29, 0.717) is 12.6 Å². The van der Waals surface area contributed by atoms with Crippen molar-refractivity contribution in [2.24, 2.45) is 0 Å². The van der Waals surface area contributed by atoms with Gasteiger partial charge in [-0.1, -0.05) is 6.92 Å². The van der Waals surface area contributed by atoms with E-state index >= 15 is 0 Å². The minimum Gasteiger partial charge on any atom is -0.368 e. The Balaban J connectivity index is 2.18. The lowest BCUT2D eigenvalue weighted by Gasteiger charge is -2.28. The number of likely N-dealkylation sites (tertiary alicyclic amines) is 1. The molecule has 0 amide bonds. The highest BCUT2D eigenvalue weighted by atomic mass is 16.6. The zero-order valence-corrected chi connectivity index (χ0v) is 11.8. The van der Waals surface area contributed by atoms with Crippen LogP contribution in [0.15, 0.2) is 6.20 Å². The summed E-state index contributed by atoms with van der Waals surface area (Å²) < 4.78 is 0. The Hall–Kier alpha value is -1.96. The molecule has 0 spiro atoms. The van der Waals surface area contributed by atoms with Gasteiger partial charge < -0.3 is 10.6 Å². The predicted molar refractivity (Wildman–Crippen MR) is 76.6 cm³/mol. The smallest absolute Gasteiger partial charge is 0.329 e. The van der Waals surface area contributed by atoms with E-state index in [9.17, 15) is 10.1 Å². The maximum Gasteiger partial charge on any atom is 0.329 e. The highest BCUT2D eigenvalue weighted by Gasteiger charge is 2.27. The molecule has 1 saturated heterocycles. The minimum atomic E-state index is -0.475. The van der Waals surface area contributed by atoms with Gasteiger partial charge in [-0.05, 0) is 25.9 Å². The lowest BCUT2D eigenvalue weighted by Crippen LogP contribution is -2.39. The first-order valence-corrected chi connectivity index (χ1v) is 6.75. The minimum absolute atomic E-state index is 0.0521. The van der Waals surface area contributed by atoms with Crippen molar-refractivity contribution in [3.63, 3.8) is 0 Å². The fourth-order valence-corrected chi connectivity index (χ4v) is 2.71. The van der Waals surface area contributed by atoms with Crippen molar-refractivity contribution in [3.8, 4) is 0 Å². The molecule has 1 aliphatic heterocycles. The first-order chi connectivity index (χ1) is 9.52. The Morgan fingerprint density at radius 1 is 1.65 bits per heavy atom. The molecule has 1 aliphatic rings. The van der Waals surface area contributed by atoms with E-state index in [0.717, 1.165) is 19.5 Å². The maximum absolute atomic E-state index is 11.0. The molecule has 2 rings (SSSR count). The molecule has 1 aromatic heterocycles. The van der Waals surface area contributed by atoms with Crippen LogP contribution >= 0.6 is 0 Å². The van der Waals surface area contributed by atoms with Crippen LogP contribution < -0.4 is 10.6 Å². The lowest BCUT2D eigenvalue weighted by molar-refractivity contribution is -0.384. The second-order valence-electron chi connectivity index (χ2n) is 5.00. The summed E-state index contributed by atoms with van der Waals surface area (Å²) in [5.74, 6) is 0.335. The molecule has 8 nitrogen and oxygen atoms in total. The number of hydrogen-bond donors (Lipinski definition) is 1. The van der Waals surface area contributed by atoms with E-state index < -0.39 is 4.92 Å². The molecule has 1 aromatic rings. The standard InChI is InChI=1S/C12H20N6O2/c1-3-17-6-4-5-9(17)8-16(2)11-10(18(19)20)7-14-12(13)15-11/h7,9H,3-6,8H2,1-2H3,(H2,13,14,15). The molecule has 0 aromatic carbocycles. The number of likely N-dealkylation sites (N-methyl/N-ethyl adjacent to an activating group) is 2. The van der Waals surface area contributed by atoms with Crippen molar-refractivity contribution in [2.75, 3.05) is 37.3 Å². The number of nitrogen functional groups attached to an aromatic ring is 1. The van der Waals surface area contributed by atoms with Gasteiger partial charge in [-0.3, -0.25) is 15.0 Å². The molecule has 2 N–H and O–H groups in total. The quantitative estimate of drug-likeness (QED) is 0.631. The summed E-state index contributed by atoms with van der Waals surface area (Å²) in [6, 6.07) is 0.404. The molecule has 0 aliphatic carbocycles. The van der Waals surface area contributed by atoms with Gasteiger partial charge >= 0.3 is 5.69 Å². The molecule has 2 heterocycles. The van der Waals surface area contributed by atoms with Gasteiger partial charge in [-0.25, -0.2) is 4.98 Å². The van der Waals surface area contributed by atoms with Gasteiger partial charge in [0.15, 0.2) is 0 Å². The van der Waals surface area contributed by atoms with Gasteiger partial charge in [-0.2, -0.15) is 4.98 Å². The van der Waals surface area contributed by atoms with Crippen molar-refractivity contribution >= 4 is 17.5 Å². The summed E-state index contributed by atoms with van der Waals surface area (Å²) in [6.45, 7) is 4.91. The van der Waals surface area contributed by atoms with Crippen molar-refractivity contribution < 1.29 is 4.92 Å². The summed E-state index contributed by atoms with van der Waals surface area (Å²) in [5.41, 5.74) is 5.44. The van der Waals surface area contributed by atoms with Gasteiger partial charge in [0.25, 0.3) is 0 Å². The number of anilines is 2. The van der Waals surface area contributed by atoms with Crippen molar-refractivity contribution in [1.82, 2.24) is 14.9 Å². The third-order valence-electron chi connectivity index (χ3n) is 3.72. The SMILES string of the molecule is CCN1CCCC1CN(C)c1nc(N)ncc1[N+](=O)[O-]. The number of aromatic nitrogens is 2. The summed E-state index contributed by atoms with van der Waals surface area (Å²) in [6.07, 6.45) is 3.44.